The number of nitrogens with zero attached hydrogens (tertiary/aromatic N) is 1. The molecule has 0 fully saturated rings. The fourth-order valence-corrected chi connectivity index (χ4v) is 9.35. The number of hydrogen-bond acceptors (Lipinski definition) is 2. The number of furan rings is 1. The summed E-state index contributed by atoms with van der Waals surface area (Å²) in [4.78, 5) is 0. The highest BCUT2D eigenvalue weighted by molar-refractivity contribution is 7.25. The third-order valence-electron chi connectivity index (χ3n) is 10.7. The molecule has 3 heterocycles. The van der Waals surface area contributed by atoms with Crippen LogP contribution in [0.2, 0.25) is 0 Å². The minimum atomic E-state index is 0.915. The van der Waals surface area contributed by atoms with Crippen LogP contribution in [0.4, 0.5) is 0 Å². The summed E-state index contributed by atoms with van der Waals surface area (Å²) in [6.45, 7) is 0. The molecule has 10 aromatic rings. The molecule has 3 aromatic heterocycles. The lowest BCUT2D eigenvalue weighted by Crippen LogP contribution is -2.03. The van der Waals surface area contributed by atoms with Crippen LogP contribution in [-0.4, -0.2) is 4.57 Å². The molecule has 3 heteroatoms. The summed E-state index contributed by atoms with van der Waals surface area (Å²) in [6.07, 6.45) is 6.70. The minimum Gasteiger partial charge on any atom is -0.456 e. The van der Waals surface area contributed by atoms with Gasteiger partial charge in [-0.2, -0.15) is 0 Å². The van der Waals surface area contributed by atoms with Crippen molar-refractivity contribution in [1.29, 1.82) is 0 Å². The normalized spacial score (nSPS) is 12.9. The first-order valence-corrected chi connectivity index (χ1v) is 18.4. The number of hydrogen-bond donors (Lipinski definition) is 0. The van der Waals surface area contributed by atoms with Gasteiger partial charge in [-0.3, -0.25) is 0 Å². The number of aromatic nitrogens is 1. The van der Waals surface area contributed by atoms with E-state index in [2.05, 4.69) is 156 Å². The third-order valence-corrected chi connectivity index (χ3v) is 11.8. The SMILES string of the molecule is C1=Cc2c(n(-c3cc(-c4ccc(-c5ccc6c(c5)sc5ccccc56)cc4)cc(-c4ccc5oc6ccccc6c5c4)c3)c3ccccc23)CC1. The molecule has 0 atom stereocenters. The van der Waals surface area contributed by atoms with Crippen LogP contribution in [0.3, 0.4) is 0 Å². The molecule has 0 amide bonds. The smallest absolute Gasteiger partial charge is 0.135 e. The molecule has 0 saturated carbocycles. The van der Waals surface area contributed by atoms with Gasteiger partial charge in [0.2, 0.25) is 0 Å². The van der Waals surface area contributed by atoms with E-state index in [1.807, 2.05) is 23.5 Å². The van der Waals surface area contributed by atoms with Crippen LogP contribution < -0.4 is 0 Å². The van der Waals surface area contributed by atoms with Crippen molar-refractivity contribution in [2.75, 3.05) is 0 Å². The van der Waals surface area contributed by atoms with Crippen LogP contribution in [0.25, 0.3) is 98.2 Å². The summed E-state index contributed by atoms with van der Waals surface area (Å²) >= 11 is 1.87. The van der Waals surface area contributed by atoms with Gasteiger partial charge in [0, 0.05) is 53.3 Å². The second-order valence-corrected chi connectivity index (χ2v) is 14.7. The highest BCUT2D eigenvalue weighted by Gasteiger charge is 2.20. The van der Waals surface area contributed by atoms with Gasteiger partial charge >= 0.3 is 0 Å². The second kappa shape index (κ2) is 11.2. The number of thiophene rings is 1. The Labute approximate surface area is 299 Å². The number of benzene rings is 7. The van der Waals surface area contributed by atoms with Gasteiger partial charge in [-0.15, -0.1) is 11.3 Å². The van der Waals surface area contributed by atoms with E-state index in [9.17, 15) is 0 Å². The standard InChI is InChI=1S/C48H31NOS/c1-5-13-43-37(9-1)38-10-2-6-14-44(38)49(43)36-26-34(25-35(27-36)32-22-24-46-42(28-32)39-11-3-7-15-45(39)50-46)31-19-17-30(18-20-31)33-21-23-41-40-12-4-8-16-47(40)51-48(41)29-33/h1-5,7-13,15-29H,6,14H2. The van der Waals surface area contributed by atoms with E-state index in [0.29, 0.717) is 0 Å². The zero-order valence-corrected chi connectivity index (χ0v) is 28.6. The predicted octanol–water partition coefficient (Wildman–Crippen LogP) is 13.9. The van der Waals surface area contributed by atoms with Gasteiger partial charge in [-0.1, -0.05) is 109 Å². The van der Waals surface area contributed by atoms with E-state index in [1.165, 1.54) is 81.4 Å². The van der Waals surface area contributed by atoms with Crippen molar-refractivity contribution in [3.05, 3.63) is 169 Å². The molecule has 7 aromatic carbocycles. The molecule has 0 radical (unpaired) electrons. The average Bonchev–Trinajstić information content (AvgIpc) is 3.87. The molecule has 0 spiro atoms. The van der Waals surface area contributed by atoms with Gasteiger partial charge < -0.3 is 8.98 Å². The first-order valence-electron chi connectivity index (χ1n) is 17.6. The van der Waals surface area contributed by atoms with Crippen LogP contribution in [-0.2, 0) is 6.42 Å². The summed E-state index contributed by atoms with van der Waals surface area (Å²) in [6, 6.07) is 55.6. The fourth-order valence-electron chi connectivity index (χ4n) is 8.21. The molecule has 0 unspecified atom stereocenters. The number of allylic oxidation sites excluding steroid dienone is 1. The zero-order chi connectivity index (χ0) is 33.5. The van der Waals surface area contributed by atoms with Gasteiger partial charge in [0.15, 0.2) is 0 Å². The highest BCUT2D eigenvalue weighted by Crippen LogP contribution is 2.40. The van der Waals surface area contributed by atoms with E-state index in [1.54, 1.807) is 0 Å². The van der Waals surface area contributed by atoms with Crippen molar-refractivity contribution in [1.82, 2.24) is 4.57 Å². The van der Waals surface area contributed by atoms with Crippen molar-refractivity contribution in [3.8, 4) is 39.1 Å². The second-order valence-electron chi connectivity index (χ2n) is 13.6. The van der Waals surface area contributed by atoms with Crippen LogP contribution in [0.5, 0.6) is 0 Å². The van der Waals surface area contributed by atoms with Crippen LogP contribution in [0, 0.1) is 0 Å². The predicted molar refractivity (Wildman–Crippen MR) is 217 cm³/mol. The molecule has 1 aliphatic rings. The molecule has 0 aliphatic heterocycles. The van der Waals surface area contributed by atoms with Gasteiger partial charge in [0.25, 0.3) is 0 Å². The topological polar surface area (TPSA) is 18.1 Å². The molecular weight excluding hydrogens is 639 g/mol. The zero-order valence-electron chi connectivity index (χ0n) is 27.8. The summed E-state index contributed by atoms with van der Waals surface area (Å²) < 4.78 is 11.4. The first-order chi connectivity index (χ1) is 25.2. The summed E-state index contributed by atoms with van der Waals surface area (Å²) in [7, 11) is 0. The maximum atomic E-state index is 6.21. The molecule has 240 valence electrons. The average molecular weight is 670 g/mol. The van der Waals surface area contributed by atoms with Gasteiger partial charge in [-0.25, -0.2) is 0 Å². The lowest BCUT2D eigenvalue weighted by Gasteiger charge is -2.17. The van der Waals surface area contributed by atoms with Crippen molar-refractivity contribution in [2.45, 2.75) is 12.8 Å². The van der Waals surface area contributed by atoms with Crippen LogP contribution in [0.15, 0.2) is 162 Å². The van der Waals surface area contributed by atoms with E-state index < -0.39 is 0 Å². The van der Waals surface area contributed by atoms with Gasteiger partial charge in [0.1, 0.15) is 11.2 Å². The summed E-state index contributed by atoms with van der Waals surface area (Å²) in [5.41, 5.74) is 14.2. The minimum absolute atomic E-state index is 0.915. The summed E-state index contributed by atoms with van der Waals surface area (Å²) in [5.74, 6) is 0. The monoisotopic (exact) mass is 669 g/mol. The Hall–Kier alpha value is -6.16. The van der Waals surface area contributed by atoms with E-state index in [0.717, 1.165) is 34.8 Å². The number of fused-ring (bicyclic) bond motifs is 9. The van der Waals surface area contributed by atoms with Crippen molar-refractivity contribution < 1.29 is 4.42 Å². The van der Waals surface area contributed by atoms with Gasteiger partial charge in [0.05, 0.1) is 5.52 Å². The molecule has 2 nitrogen and oxygen atoms in total. The van der Waals surface area contributed by atoms with Crippen molar-refractivity contribution in [3.63, 3.8) is 0 Å². The van der Waals surface area contributed by atoms with E-state index >= 15 is 0 Å². The largest absolute Gasteiger partial charge is 0.456 e. The molecule has 0 saturated heterocycles. The molecule has 1 aliphatic carbocycles. The van der Waals surface area contributed by atoms with Gasteiger partial charge in [-0.05, 0) is 101 Å². The Kier molecular flexibility index (Phi) is 6.28. The Balaban J connectivity index is 1.08. The number of rotatable bonds is 4. The molecule has 51 heavy (non-hydrogen) atoms. The Morgan fingerprint density at radius 2 is 1.12 bits per heavy atom. The molecule has 11 rings (SSSR count). The van der Waals surface area contributed by atoms with E-state index in [4.69, 9.17) is 4.42 Å². The van der Waals surface area contributed by atoms with Crippen LogP contribution in [0.1, 0.15) is 17.7 Å². The number of para-hydroxylation sites is 2. The molecule has 0 bridgehead atoms. The lowest BCUT2D eigenvalue weighted by atomic mass is 9.95. The Morgan fingerprint density at radius 1 is 0.471 bits per heavy atom. The maximum absolute atomic E-state index is 6.21. The molecule has 0 N–H and O–H groups in total. The van der Waals surface area contributed by atoms with Crippen LogP contribution >= 0.6 is 11.3 Å². The highest BCUT2D eigenvalue weighted by atomic mass is 32.1. The third kappa shape index (κ3) is 4.55. The van der Waals surface area contributed by atoms with Crippen molar-refractivity contribution >= 4 is 70.4 Å². The first kappa shape index (κ1) is 28.7. The van der Waals surface area contributed by atoms with Crippen molar-refractivity contribution in [2.24, 2.45) is 0 Å². The quantitative estimate of drug-likeness (QED) is 0.182. The lowest BCUT2D eigenvalue weighted by molar-refractivity contribution is 0.669. The van der Waals surface area contributed by atoms with E-state index in [-0.39, 0.29) is 0 Å². The molecular formula is C48H31NOS. The maximum Gasteiger partial charge on any atom is 0.135 e. The Bertz CT molecular complexity index is 3020. The summed E-state index contributed by atoms with van der Waals surface area (Å²) in [5, 5.41) is 6.26. The Morgan fingerprint density at radius 3 is 2.00 bits per heavy atom. The fraction of sp³-hybridized carbons (Fsp3) is 0.0417.